The highest BCUT2D eigenvalue weighted by Gasteiger charge is 2.32. The van der Waals surface area contributed by atoms with E-state index in [1.165, 1.54) is 6.42 Å². The molecule has 2 N–H and O–H groups in total. The van der Waals surface area contributed by atoms with Crippen molar-refractivity contribution < 1.29 is 4.42 Å². The number of nitrogens with one attached hydrogen (secondary N) is 2. The van der Waals surface area contributed by atoms with Crippen molar-refractivity contribution in [3.05, 3.63) is 5.89 Å². The highest BCUT2D eigenvalue weighted by molar-refractivity contribution is 5.17. The van der Waals surface area contributed by atoms with Gasteiger partial charge < -0.3 is 15.1 Å². The second kappa shape index (κ2) is 4.82. The Balaban J connectivity index is 1.73. The topological polar surface area (TPSA) is 63.0 Å². The Hall–Kier alpha value is -1.10. The summed E-state index contributed by atoms with van der Waals surface area (Å²) in [4.78, 5) is 0. The van der Waals surface area contributed by atoms with Gasteiger partial charge in [-0.1, -0.05) is 25.9 Å². The fourth-order valence-electron chi connectivity index (χ4n) is 1.59. The van der Waals surface area contributed by atoms with Gasteiger partial charge in [0.25, 0.3) is 0 Å². The molecule has 0 aromatic carbocycles. The second-order valence-electron chi connectivity index (χ2n) is 4.89. The summed E-state index contributed by atoms with van der Waals surface area (Å²) < 4.78 is 5.45. The van der Waals surface area contributed by atoms with E-state index in [4.69, 9.17) is 4.42 Å². The van der Waals surface area contributed by atoms with Crippen LogP contribution in [0.25, 0.3) is 0 Å². The van der Waals surface area contributed by atoms with Crippen LogP contribution in [0.2, 0.25) is 0 Å². The van der Waals surface area contributed by atoms with E-state index in [1.807, 2.05) is 0 Å². The minimum Gasteiger partial charge on any atom is -0.407 e. The molecule has 1 heterocycles. The fraction of sp³-hybridized carbons (Fsp3) is 0.818. The van der Waals surface area contributed by atoms with Crippen LogP contribution >= 0.6 is 0 Å². The maximum absolute atomic E-state index is 5.45. The lowest BCUT2D eigenvalue weighted by Gasteiger charge is -2.03. The van der Waals surface area contributed by atoms with Crippen LogP contribution in [0.15, 0.2) is 4.42 Å². The molecule has 0 aliphatic heterocycles. The van der Waals surface area contributed by atoms with E-state index < -0.39 is 0 Å². The van der Waals surface area contributed by atoms with E-state index >= 15 is 0 Å². The Morgan fingerprint density at radius 1 is 1.44 bits per heavy atom. The lowest BCUT2D eigenvalue weighted by Crippen LogP contribution is -2.21. The first-order chi connectivity index (χ1) is 7.65. The zero-order valence-corrected chi connectivity index (χ0v) is 10.2. The zero-order chi connectivity index (χ0) is 11.5. The first kappa shape index (κ1) is 11.4. The summed E-state index contributed by atoms with van der Waals surface area (Å²) in [5, 5.41) is 14.3. The van der Waals surface area contributed by atoms with Gasteiger partial charge in [0.2, 0.25) is 5.89 Å². The molecule has 1 aromatic rings. The Morgan fingerprint density at radius 3 is 2.81 bits per heavy atom. The molecule has 1 aliphatic rings. The molecule has 0 amide bonds. The monoisotopic (exact) mass is 224 g/mol. The number of nitrogens with zero attached hydrogens (tertiary/aromatic N) is 2. The molecule has 0 bridgehead atoms. The van der Waals surface area contributed by atoms with Gasteiger partial charge in [-0.2, -0.15) is 0 Å². The third-order valence-corrected chi connectivity index (χ3v) is 2.92. The second-order valence-corrected chi connectivity index (χ2v) is 4.89. The average molecular weight is 224 g/mol. The standard InChI is InChI=1S/C11H20N4O/c1-7(2)12-6-10-14-15-11(16-10)13-5-9-4-8(9)3/h7-9,12H,4-6H2,1-3H3,(H,13,15). The van der Waals surface area contributed by atoms with Crippen LogP contribution in [0.1, 0.15) is 33.1 Å². The molecule has 1 fully saturated rings. The van der Waals surface area contributed by atoms with Gasteiger partial charge in [0, 0.05) is 12.6 Å². The van der Waals surface area contributed by atoms with Gasteiger partial charge >= 0.3 is 6.01 Å². The van der Waals surface area contributed by atoms with Gasteiger partial charge in [0.1, 0.15) is 0 Å². The van der Waals surface area contributed by atoms with Crippen LogP contribution in [0.5, 0.6) is 0 Å². The summed E-state index contributed by atoms with van der Waals surface area (Å²) in [6, 6.07) is 0.968. The van der Waals surface area contributed by atoms with Crippen LogP contribution in [-0.4, -0.2) is 22.8 Å². The first-order valence-corrected chi connectivity index (χ1v) is 5.94. The normalized spacial score (nSPS) is 23.8. The molecule has 5 nitrogen and oxygen atoms in total. The van der Waals surface area contributed by atoms with Crippen molar-refractivity contribution in [1.82, 2.24) is 15.5 Å². The number of hydrogen-bond donors (Lipinski definition) is 2. The molecule has 1 aromatic heterocycles. The Kier molecular flexibility index (Phi) is 3.43. The SMILES string of the molecule is CC(C)NCc1nnc(NCC2CC2C)o1. The van der Waals surface area contributed by atoms with Crippen molar-refractivity contribution in [2.75, 3.05) is 11.9 Å². The zero-order valence-electron chi connectivity index (χ0n) is 10.2. The summed E-state index contributed by atoms with van der Waals surface area (Å²) in [5.74, 6) is 2.27. The smallest absolute Gasteiger partial charge is 0.315 e. The van der Waals surface area contributed by atoms with E-state index in [0.29, 0.717) is 24.5 Å². The van der Waals surface area contributed by atoms with Gasteiger partial charge in [-0.25, -0.2) is 0 Å². The molecule has 16 heavy (non-hydrogen) atoms. The van der Waals surface area contributed by atoms with Crippen LogP contribution in [0.4, 0.5) is 6.01 Å². The van der Waals surface area contributed by atoms with Crippen LogP contribution < -0.4 is 10.6 Å². The number of anilines is 1. The van der Waals surface area contributed by atoms with E-state index in [2.05, 4.69) is 41.6 Å². The Bertz CT molecular complexity index is 336. The molecule has 1 saturated carbocycles. The molecule has 0 spiro atoms. The quantitative estimate of drug-likeness (QED) is 0.769. The molecular weight excluding hydrogens is 204 g/mol. The maximum atomic E-state index is 5.45. The molecule has 1 aliphatic carbocycles. The largest absolute Gasteiger partial charge is 0.407 e. The van der Waals surface area contributed by atoms with Crippen LogP contribution in [0.3, 0.4) is 0 Å². The summed E-state index contributed by atoms with van der Waals surface area (Å²) in [5.41, 5.74) is 0. The average Bonchev–Trinajstić information content (AvgIpc) is 2.77. The van der Waals surface area contributed by atoms with Crippen molar-refractivity contribution >= 4 is 6.01 Å². The predicted octanol–water partition coefficient (Wildman–Crippen LogP) is 1.64. The number of rotatable bonds is 6. The van der Waals surface area contributed by atoms with Gasteiger partial charge in [0.15, 0.2) is 0 Å². The Labute approximate surface area is 96.0 Å². The molecule has 2 rings (SSSR count). The molecule has 0 radical (unpaired) electrons. The maximum Gasteiger partial charge on any atom is 0.315 e. The van der Waals surface area contributed by atoms with Crippen molar-refractivity contribution in [1.29, 1.82) is 0 Å². The van der Waals surface area contributed by atoms with E-state index in [1.54, 1.807) is 0 Å². The molecule has 5 heteroatoms. The van der Waals surface area contributed by atoms with Crippen LogP contribution in [0, 0.1) is 11.8 Å². The lowest BCUT2D eigenvalue weighted by molar-refractivity contribution is 0.458. The third-order valence-electron chi connectivity index (χ3n) is 2.92. The first-order valence-electron chi connectivity index (χ1n) is 5.94. The van der Waals surface area contributed by atoms with E-state index in [-0.39, 0.29) is 0 Å². The van der Waals surface area contributed by atoms with Gasteiger partial charge in [-0.3, -0.25) is 0 Å². The lowest BCUT2D eigenvalue weighted by atomic mass is 10.3. The van der Waals surface area contributed by atoms with Gasteiger partial charge in [-0.15, -0.1) is 5.10 Å². The summed E-state index contributed by atoms with van der Waals surface area (Å²) >= 11 is 0. The predicted molar refractivity (Wildman–Crippen MR) is 62.0 cm³/mol. The molecular formula is C11H20N4O. The van der Waals surface area contributed by atoms with E-state index in [0.717, 1.165) is 18.4 Å². The number of aromatic nitrogens is 2. The van der Waals surface area contributed by atoms with E-state index in [9.17, 15) is 0 Å². The third kappa shape index (κ3) is 3.20. The molecule has 2 atom stereocenters. The van der Waals surface area contributed by atoms with Gasteiger partial charge in [0.05, 0.1) is 6.54 Å². The molecule has 2 unspecified atom stereocenters. The number of hydrogen-bond acceptors (Lipinski definition) is 5. The Morgan fingerprint density at radius 2 is 2.19 bits per heavy atom. The van der Waals surface area contributed by atoms with Crippen molar-refractivity contribution in [3.63, 3.8) is 0 Å². The summed E-state index contributed by atoms with van der Waals surface area (Å²) in [7, 11) is 0. The van der Waals surface area contributed by atoms with Gasteiger partial charge in [-0.05, 0) is 18.3 Å². The highest BCUT2D eigenvalue weighted by atomic mass is 16.4. The van der Waals surface area contributed by atoms with Crippen molar-refractivity contribution in [2.24, 2.45) is 11.8 Å². The minimum absolute atomic E-state index is 0.427. The molecule has 90 valence electrons. The van der Waals surface area contributed by atoms with Crippen molar-refractivity contribution in [3.8, 4) is 0 Å². The summed E-state index contributed by atoms with van der Waals surface area (Å²) in [6.07, 6.45) is 1.31. The van der Waals surface area contributed by atoms with Crippen LogP contribution in [-0.2, 0) is 6.54 Å². The highest BCUT2D eigenvalue weighted by Crippen LogP contribution is 2.37. The van der Waals surface area contributed by atoms with Crippen molar-refractivity contribution in [2.45, 2.75) is 39.8 Å². The molecule has 0 saturated heterocycles. The minimum atomic E-state index is 0.427. The fourth-order valence-corrected chi connectivity index (χ4v) is 1.59. The summed E-state index contributed by atoms with van der Waals surface area (Å²) in [6.45, 7) is 8.01.